The van der Waals surface area contributed by atoms with E-state index < -0.39 is 0 Å². The van der Waals surface area contributed by atoms with E-state index in [9.17, 15) is 9.59 Å². The summed E-state index contributed by atoms with van der Waals surface area (Å²) < 4.78 is 5.92. The van der Waals surface area contributed by atoms with Crippen LogP contribution >= 0.6 is 11.8 Å². The Labute approximate surface area is 215 Å². The van der Waals surface area contributed by atoms with Crippen LogP contribution in [0.5, 0.6) is 11.5 Å². The standard InChI is InChI=1S/C27H31N5O3S/c33-25(28-14-17-31-15-4-5-16-31)24-23-22-21(12-13-29-26(22)36-24)32(27(34)30-23)18-8-10-20(11-9-18)35-19-6-2-1-3-7-19/h1-3,6-11,21-22,26,29H,4-5,12-17H2,(H,28,33)(H,30,34). The summed E-state index contributed by atoms with van der Waals surface area (Å²) in [4.78, 5) is 31.3. The van der Waals surface area contributed by atoms with Gasteiger partial charge in [-0.15, -0.1) is 0 Å². The predicted octanol–water partition coefficient (Wildman–Crippen LogP) is 3.48. The third-order valence-corrected chi connectivity index (χ3v) is 8.71. The largest absolute Gasteiger partial charge is 0.457 e. The Bertz CT molecular complexity index is 1150. The van der Waals surface area contributed by atoms with Crippen molar-refractivity contribution >= 4 is 29.4 Å². The predicted molar refractivity (Wildman–Crippen MR) is 141 cm³/mol. The van der Waals surface area contributed by atoms with E-state index in [2.05, 4.69) is 20.9 Å². The van der Waals surface area contributed by atoms with Crippen LogP contribution in [-0.4, -0.2) is 61.0 Å². The second kappa shape index (κ2) is 10.2. The molecule has 0 saturated carbocycles. The van der Waals surface area contributed by atoms with Gasteiger partial charge in [0.15, 0.2) is 0 Å². The molecule has 4 aliphatic rings. The van der Waals surface area contributed by atoms with Crippen molar-refractivity contribution in [3.63, 3.8) is 0 Å². The zero-order valence-electron chi connectivity index (χ0n) is 20.1. The number of likely N-dealkylation sites (tertiary alicyclic amines) is 1. The molecule has 2 aromatic rings. The first-order valence-corrected chi connectivity index (χ1v) is 13.6. The molecule has 8 nitrogen and oxygen atoms in total. The van der Waals surface area contributed by atoms with E-state index in [0.29, 0.717) is 11.4 Å². The maximum absolute atomic E-state index is 13.4. The SMILES string of the molecule is O=C(NCCN1CCCC1)C1=C2NC(=O)N(c3ccc(Oc4ccccc4)cc3)C3CCNC(S1)C23. The van der Waals surface area contributed by atoms with E-state index in [1.165, 1.54) is 12.8 Å². The molecule has 4 aliphatic heterocycles. The van der Waals surface area contributed by atoms with Crippen LogP contribution in [0.4, 0.5) is 10.5 Å². The average Bonchev–Trinajstić information content (AvgIpc) is 3.55. The number of hydrogen-bond donors (Lipinski definition) is 3. The molecule has 188 valence electrons. The highest BCUT2D eigenvalue weighted by Gasteiger charge is 2.51. The van der Waals surface area contributed by atoms with E-state index in [1.807, 2.05) is 59.5 Å². The Morgan fingerprint density at radius 1 is 1.06 bits per heavy atom. The molecule has 2 aromatic carbocycles. The summed E-state index contributed by atoms with van der Waals surface area (Å²) in [6.07, 6.45) is 3.30. The number of ether oxygens (including phenoxy) is 1. The zero-order chi connectivity index (χ0) is 24.5. The van der Waals surface area contributed by atoms with Crippen molar-refractivity contribution in [1.29, 1.82) is 0 Å². The molecule has 3 atom stereocenters. The fourth-order valence-corrected chi connectivity index (χ4v) is 7.05. The monoisotopic (exact) mass is 505 g/mol. The third kappa shape index (κ3) is 4.58. The molecule has 3 saturated heterocycles. The molecule has 0 aliphatic carbocycles. The van der Waals surface area contributed by atoms with E-state index in [-0.39, 0.29) is 29.3 Å². The van der Waals surface area contributed by atoms with Crippen LogP contribution in [0, 0.1) is 5.92 Å². The molecular weight excluding hydrogens is 474 g/mol. The van der Waals surface area contributed by atoms with Crippen LogP contribution in [0.25, 0.3) is 0 Å². The average molecular weight is 506 g/mol. The lowest BCUT2D eigenvalue weighted by Crippen LogP contribution is -2.62. The molecule has 0 bridgehead atoms. The molecule has 6 rings (SSSR count). The second-order valence-corrected chi connectivity index (χ2v) is 10.8. The minimum atomic E-state index is -0.187. The van der Waals surface area contributed by atoms with E-state index in [4.69, 9.17) is 4.74 Å². The molecule has 0 aromatic heterocycles. The second-order valence-electron chi connectivity index (χ2n) is 9.63. The topological polar surface area (TPSA) is 85.9 Å². The summed E-state index contributed by atoms with van der Waals surface area (Å²) in [6.45, 7) is 4.52. The van der Waals surface area contributed by atoms with Crippen LogP contribution in [0.1, 0.15) is 19.3 Å². The number of nitrogens with one attached hydrogen (secondary N) is 3. The highest BCUT2D eigenvalue weighted by molar-refractivity contribution is 8.04. The number of thioether (sulfide) groups is 1. The molecule has 3 N–H and O–H groups in total. The fourth-order valence-electron chi connectivity index (χ4n) is 5.64. The van der Waals surface area contributed by atoms with Crippen LogP contribution in [-0.2, 0) is 4.79 Å². The summed E-state index contributed by atoms with van der Waals surface area (Å²) in [5.74, 6) is 1.45. The number of urea groups is 1. The molecule has 0 radical (unpaired) electrons. The Hall–Kier alpha value is -3.01. The summed E-state index contributed by atoms with van der Waals surface area (Å²) in [5.41, 5.74) is 1.59. The molecule has 4 heterocycles. The number of hydrogen-bond acceptors (Lipinski definition) is 6. The Balaban J connectivity index is 1.17. The van der Waals surface area contributed by atoms with Crippen molar-refractivity contribution in [2.45, 2.75) is 30.7 Å². The Morgan fingerprint density at radius 3 is 2.58 bits per heavy atom. The number of para-hydroxylation sites is 1. The number of rotatable bonds is 7. The van der Waals surface area contributed by atoms with Crippen molar-refractivity contribution in [2.75, 3.05) is 37.6 Å². The van der Waals surface area contributed by atoms with Gasteiger partial charge in [-0.3, -0.25) is 9.69 Å². The minimum Gasteiger partial charge on any atom is -0.457 e. The van der Waals surface area contributed by atoms with Gasteiger partial charge in [0.1, 0.15) is 11.5 Å². The lowest BCUT2D eigenvalue weighted by atomic mass is 9.86. The van der Waals surface area contributed by atoms with Crippen LogP contribution in [0.15, 0.2) is 65.2 Å². The first-order valence-electron chi connectivity index (χ1n) is 12.8. The van der Waals surface area contributed by atoms with Crippen molar-refractivity contribution in [2.24, 2.45) is 5.92 Å². The number of benzene rings is 2. The number of carbonyl (C=O) groups is 2. The van der Waals surface area contributed by atoms with Crippen LogP contribution in [0.2, 0.25) is 0 Å². The van der Waals surface area contributed by atoms with Gasteiger partial charge in [0.25, 0.3) is 5.91 Å². The summed E-state index contributed by atoms with van der Waals surface area (Å²) in [7, 11) is 0. The lowest BCUT2D eigenvalue weighted by molar-refractivity contribution is -0.116. The molecule has 3 amide bonds. The van der Waals surface area contributed by atoms with E-state index in [1.54, 1.807) is 11.8 Å². The number of carbonyl (C=O) groups excluding carboxylic acids is 2. The maximum atomic E-state index is 13.4. The smallest absolute Gasteiger partial charge is 0.326 e. The van der Waals surface area contributed by atoms with Crippen molar-refractivity contribution in [1.82, 2.24) is 20.9 Å². The van der Waals surface area contributed by atoms with Crippen molar-refractivity contribution in [3.05, 3.63) is 65.2 Å². The third-order valence-electron chi connectivity index (χ3n) is 7.35. The molecular formula is C27H31N5O3S. The number of nitrogens with zero attached hydrogens (tertiary/aromatic N) is 2. The highest BCUT2D eigenvalue weighted by atomic mass is 32.2. The molecule has 0 spiro atoms. The van der Waals surface area contributed by atoms with Crippen molar-refractivity contribution < 1.29 is 14.3 Å². The number of amides is 3. The lowest BCUT2D eigenvalue weighted by Gasteiger charge is -2.45. The molecule has 3 unspecified atom stereocenters. The summed E-state index contributed by atoms with van der Waals surface area (Å²) in [5, 5.41) is 9.78. The first-order chi connectivity index (χ1) is 17.7. The first kappa shape index (κ1) is 23.4. The minimum absolute atomic E-state index is 0.0108. The van der Waals surface area contributed by atoms with Crippen LogP contribution in [0.3, 0.4) is 0 Å². The number of anilines is 1. The van der Waals surface area contributed by atoms with Gasteiger partial charge in [-0.2, -0.15) is 0 Å². The van der Waals surface area contributed by atoms with Gasteiger partial charge in [0.05, 0.1) is 16.3 Å². The van der Waals surface area contributed by atoms with Gasteiger partial charge in [0, 0.05) is 30.4 Å². The van der Waals surface area contributed by atoms with Crippen molar-refractivity contribution in [3.8, 4) is 11.5 Å². The zero-order valence-corrected chi connectivity index (χ0v) is 20.9. The molecule has 36 heavy (non-hydrogen) atoms. The van der Waals surface area contributed by atoms with Gasteiger partial charge >= 0.3 is 6.03 Å². The molecule has 3 fully saturated rings. The quantitative estimate of drug-likeness (QED) is 0.534. The van der Waals surface area contributed by atoms with E-state index in [0.717, 1.165) is 55.5 Å². The molecule has 9 heteroatoms. The van der Waals surface area contributed by atoms with E-state index >= 15 is 0 Å². The Morgan fingerprint density at radius 2 is 1.81 bits per heavy atom. The maximum Gasteiger partial charge on any atom is 0.326 e. The van der Waals surface area contributed by atoms with Crippen LogP contribution < -0.4 is 25.6 Å². The van der Waals surface area contributed by atoms with Gasteiger partial charge < -0.3 is 25.6 Å². The fraction of sp³-hybridized carbons (Fsp3) is 0.407. The summed E-state index contributed by atoms with van der Waals surface area (Å²) in [6, 6.07) is 17.1. The summed E-state index contributed by atoms with van der Waals surface area (Å²) >= 11 is 1.55. The Kier molecular flexibility index (Phi) is 6.60. The highest BCUT2D eigenvalue weighted by Crippen LogP contribution is 2.48. The van der Waals surface area contributed by atoms with Gasteiger partial charge in [-0.25, -0.2) is 4.79 Å². The van der Waals surface area contributed by atoms with Gasteiger partial charge in [-0.05, 0) is 75.3 Å². The number of piperidine rings is 1. The van der Waals surface area contributed by atoms with Gasteiger partial charge in [0.2, 0.25) is 0 Å². The normalized spacial score (nSPS) is 25.5. The van der Waals surface area contributed by atoms with Gasteiger partial charge in [-0.1, -0.05) is 30.0 Å².